The fourth-order valence-corrected chi connectivity index (χ4v) is 2.28. The molecule has 0 aliphatic heterocycles. The molecule has 0 aliphatic carbocycles. The van der Waals surface area contributed by atoms with Gasteiger partial charge >= 0.3 is 5.97 Å². The number of hydrogen-bond donors (Lipinski definition) is 3. The van der Waals surface area contributed by atoms with E-state index in [9.17, 15) is 24.9 Å². The Kier molecular flexibility index (Phi) is 7.03. The lowest BCUT2D eigenvalue weighted by atomic mass is 9.91. The minimum Gasteiger partial charge on any atom is -0.504 e. The summed E-state index contributed by atoms with van der Waals surface area (Å²) >= 11 is 0. The summed E-state index contributed by atoms with van der Waals surface area (Å²) in [7, 11) is 0. The number of esters is 1. The van der Waals surface area contributed by atoms with E-state index in [0.717, 1.165) is 12.1 Å². The highest BCUT2D eigenvalue weighted by molar-refractivity contribution is 6.03. The molecule has 0 fully saturated rings. The number of phenolic OH excluding ortho intramolecular Hbond substituents is 3. The van der Waals surface area contributed by atoms with E-state index in [-0.39, 0.29) is 12.2 Å². The lowest BCUT2D eigenvalue weighted by Crippen LogP contribution is -2.40. The number of aromatic hydroxyl groups is 3. The van der Waals surface area contributed by atoms with Crippen molar-refractivity contribution in [2.45, 2.75) is 58.7 Å². The molecule has 1 aromatic carbocycles. The summed E-state index contributed by atoms with van der Waals surface area (Å²) in [6.45, 7) is 12.1. The number of benzene rings is 1. The van der Waals surface area contributed by atoms with Crippen LogP contribution in [0.1, 0.15) is 57.8 Å². The second kappa shape index (κ2) is 8.43. The molecular formula is C20H28O7. The molecule has 1 aromatic rings. The average molecular weight is 380 g/mol. The Bertz CT molecular complexity index is 713. The van der Waals surface area contributed by atoms with Crippen LogP contribution in [0.25, 0.3) is 0 Å². The topological polar surface area (TPSA) is 113 Å². The van der Waals surface area contributed by atoms with Crippen molar-refractivity contribution in [3.8, 4) is 17.2 Å². The largest absolute Gasteiger partial charge is 0.504 e. The van der Waals surface area contributed by atoms with Crippen molar-refractivity contribution < 1.29 is 34.4 Å². The van der Waals surface area contributed by atoms with E-state index in [1.165, 1.54) is 0 Å². The molecule has 0 saturated carbocycles. The van der Waals surface area contributed by atoms with Crippen LogP contribution in [0.15, 0.2) is 24.3 Å². The van der Waals surface area contributed by atoms with Gasteiger partial charge in [-0.25, -0.2) is 4.79 Å². The van der Waals surface area contributed by atoms with Crippen LogP contribution in [0, 0.1) is 0 Å². The van der Waals surface area contributed by atoms with Crippen molar-refractivity contribution in [1.82, 2.24) is 0 Å². The predicted molar refractivity (Wildman–Crippen MR) is 100 cm³/mol. The van der Waals surface area contributed by atoms with Crippen LogP contribution in [-0.4, -0.2) is 44.9 Å². The predicted octanol–water partition coefficient (Wildman–Crippen LogP) is 3.46. The third kappa shape index (κ3) is 5.72. The van der Waals surface area contributed by atoms with Crippen molar-refractivity contribution in [2.75, 3.05) is 6.61 Å². The molecule has 0 radical (unpaired) electrons. The van der Waals surface area contributed by atoms with Crippen molar-refractivity contribution >= 4 is 11.8 Å². The molecule has 0 amide bonds. The van der Waals surface area contributed by atoms with E-state index in [0.29, 0.717) is 18.4 Å². The number of Topliss-reactive ketones (excluding diaryl/α,β-unsaturated/α-hetero) is 1. The molecule has 1 rings (SSSR count). The smallest absolute Gasteiger partial charge is 0.333 e. The molecule has 0 aliphatic rings. The molecule has 0 heterocycles. The Hall–Kier alpha value is -2.54. The maximum atomic E-state index is 12.8. The van der Waals surface area contributed by atoms with E-state index in [4.69, 9.17) is 9.47 Å². The Morgan fingerprint density at radius 3 is 2.07 bits per heavy atom. The Balaban J connectivity index is 2.85. The van der Waals surface area contributed by atoms with Gasteiger partial charge in [0.15, 0.2) is 23.0 Å². The second-order valence-corrected chi connectivity index (χ2v) is 7.30. The molecule has 0 spiro atoms. The van der Waals surface area contributed by atoms with Crippen LogP contribution < -0.4 is 0 Å². The van der Waals surface area contributed by atoms with Gasteiger partial charge in [0.1, 0.15) is 11.2 Å². The zero-order valence-corrected chi connectivity index (χ0v) is 16.5. The van der Waals surface area contributed by atoms with Crippen LogP contribution >= 0.6 is 0 Å². The zero-order valence-electron chi connectivity index (χ0n) is 16.5. The summed E-state index contributed by atoms with van der Waals surface area (Å²) in [4.78, 5) is 24.5. The first kappa shape index (κ1) is 22.5. The fraction of sp³-hybridized carbons (Fsp3) is 0.500. The fourth-order valence-electron chi connectivity index (χ4n) is 2.28. The normalized spacial score (nSPS) is 13.7. The average Bonchev–Trinajstić information content (AvgIpc) is 2.57. The van der Waals surface area contributed by atoms with Gasteiger partial charge in [0.25, 0.3) is 0 Å². The van der Waals surface area contributed by atoms with E-state index >= 15 is 0 Å². The number of carbonyl (C=O) groups excluding carboxylic acids is 2. The van der Waals surface area contributed by atoms with Crippen LogP contribution in [0.5, 0.6) is 17.2 Å². The SMILES string of the molecule is C=C(C)C(=O)OC(C)(C)CCOC(C)(CC)C(=O)c1cc(O)c(O)c(O)c1. The van der Waals surface area contributed by atoms with Crippen LogP contribution in [-0.2, 0) is 14.3 Å². The standard InChI is InChI=1S/C20H28O7/c1-7-20(6,17(24)13-10-14(21)16(23)15(22)11-13)26-9-8-19(4,5)27-18(25)12(2)3/h10-11,21-23H,2,7-9H2,1,3-6H3. The summed E-state index contributed by atoms with van der Waals surface area (Å²) in [5.74, 6) is -2.82. The first-order valence-electron chi connectivity index (χ1n) is 8.65. The van der Waals surface area contributed by atoms with Crippen LogP contribution in [0.2, 0.25) is 0 Å². The summed E-state index contributed by atoms with van der Waals surface area (Å²) < 4.78 is 11.1. The molecule has 7 heteroatoms. The van der Waals surface area contributed by atoms with Crippen LogP contribution in [0.3, 0.4) is 0 Å². The first-order valence-corrected chi connectivity index (χ1v) is 8.65. The second-order valence-electron chi connectivity index (χ2n) is 7.30. The van der Waals surface area contributed by atoms with Gasteiger partial charge in [-0.05, 0) is 46.2 Å². The molecule has 150 valence electrons. The van der Waals surface area contributed by atoms with Gasteiger partial charge in [0.2, 0.25) is 0 Å². The van der Waals surface area contributed by atoms with Crippen molar-refractivity contribution in [2.24, 2.45) is 0 Å². The maximum Gasteiger partial charge on any atom is 0.333 e. The zero-order chi connectivity index (χ0) is 21.0. The number of ketones is 1. The van der Waals surface area contributed by atoms with E-state index in [2.05, 4.69) is 6.58 Å². The third-order valence-corrected chi connectivity index (χ3v) is 4.33. The molecule has 0 saturated heterocycles. The molecule has 0 bridgehead atoms. The van der Waals surface area contributed by atoms with E-state index in [1.807, 2.05) is 0 Å². The highest BCUT2D eigenvalue weighted by Gasteiger charge is 2.35. The van der Waals surface area contributed by atoms with E-state index in [1.54, 1.807) is 34.6 Å². The van der Waals surface area contributed by atoms with Gasteiger partial charge in [0, 0.05) is 17.6 Å². The van der Waals surface area contributed by atoms with Crippen molar-refractivity contribution in [3.05, 3.63) is 29.8 Å². The summed E-state index contributed by atoms with van der Waals surface area (Å²) in [6.07, 6.45) is 0.682. The molecule has 1 atom stereocenters. The van der Waals surface area contributed by atoms with Crippen LogP contribution in [0.4, 0.5) is 0 Å². The number of phenols is 3. The highest BCUT2D eigenvalue weighted by Crippen LogP contribution is 2.37. The van der Waals surface area contributed by atoms with Crippen molar-refractivity contribution in [1.29, 1.82) is 0 Å². The monoisotopic (exact) mass is 380 g/mol. The van der Waals surface area contributed by atoms with Gasteiger partial charge in [-0.1, -0.05) is 13.5 Å². The molecular weight excluding hydrogens is 352 g/mol. The summed E-state index contributed by atoms with van der Waals surface area (Å²) in [6, 6.07) is 2.15. The quantitative estimate of drug-likeness (QED) is 0.260. The molecule has 1 unspecified atom stereocenters. The van der Waals surface area contributed by atoms with Gasteiger partial charge in [-0.2, -0.15) is 0 Å². The molecule has 27 heavy (non-hydrogen) atoms. The number of carbonyl (C=O) groups is 2. The minimum absolute atomic E-state index is 0.0140. The number of hydrogen-bond acceptors (Lipinski definition) is 7. The Morgan fingerprint density at radius 2 is 1.63 bits per heavy atom. The van der Waals surface area contributed by atoms with Gasteiger partial charge in [-0.3, -0.25) is 4.79 Å². The highest BCUT2D eigenvalue weighted by atomic mass is 16.6. The van der Waals surface area contributed by atoms with Crippen molar-refractivity contribution in [3.63, 3.8) is 0 Å². The van der Waals surface area contributed by atoms with E-state index < -0.39 is 40.2 Å². The third-order valence-electron chi connectivity index (χ3n) is 4.33. The minimum atomic E-state index is -1.22. The maximum absolute atomic E-state index is 12.8. The molecule has 3 N–H and O–H groups in total. The molecule has 7 nitrogen and oxygen atoms in total. The lowest BCUT2D eigenvalue weighted by molar-refractivity contribution is -0.153. The van der Waals surface area contributed by atoms with Gasteiger partial charge < -0.3 is 24.8 Å². The molecule has 0 aromatic heterocycles. The first-order chi connectivity index (χ1) is 12.3. The number of rotatable bonds is 9. The lowest BCUT2D eigenvalue weighted by Gasteiger charge is -2.30. The summed E-state index contributed by atoms with van der Waals surface area (Å²) in [5, 5.41) is 28.7. The van der Waals surface area contributed by atoms with Gasteiger partial charge in [0.05, 0.1) is 6.61 Å². The Labute approximate surface area is 159 Å². The Morgan fingerprint density at radius 1 is 1.11 bits per heavy atom. The van der Waals surface area contributed by atoms with Gasteiger partial charge in [-0.15, -0.1) is 0 Å². The number of ether oxygens (including phenoxy) is 2. The summed E-state index contributed by atoms with van der Waals surface area (Å²) in [5.41, 5.74) is -1.71.